The van der Waals surface area contributed by atoms with Crippen molar-refractivity contribution in [1.29, 1.82) is 0 Å². The van der Waals surface area contributed by atoms with E-state index in [4.69, 9.17) is 16.3 Å². The summed E-state index contributed by atoms with van der Waals surface area (Å²) in [4.78, 5) is 24.3. The number of fused-ring (bicyclic) bond motifs is 1. The lowest BCUT2D eigenvalue weighted by molar-refractivity contribution is -0.115. The number of halogens is 1. The number of ether oxygens (including phenoxy) is 1. The third-order valence-electron chi connectivity index (χ3n) is 3.62. The molecule has 6 heteroatoms. The van der Waals surface area contributed by atoms with Crippen LogP contribution < -0.4 is 15.4 Å². The first-order chi connectivity index (χ1) is 12.1. The molecule has 0 aliphatic carbocycles. The van der Waals surface area contributed by atoms with Crippen molar-refractivity contribution in [2.45, 2.75) is 13.3 Å². The smallest absolute Gasteiger partial charge is 0.291 e. The Kier molecular flexibility index (Phi) is 5.05. The number of hydrogen-bond acceptors (Lipinski definition) is 3. The molecule has 0 atom stereocenters. The van der Waals surface area contributed by atoms with E-state index in [0.717, 1.165) is 12.0 Å². The highest BCUT2D eigenvalue weighted by molar-refractivity contribution is 6.30. The molecule has 0 radical (unpaired) electrons. The van der Waals surface area contributed by atoms with E-state index in [2.05, 4.69) is 10.6 Å². The first-order valence-electron chi connectivity index (χ1n) is 7.95. The van der Waals surface area contributed by atoms with Gasteiger partial charge in [-0.1, -0.05) is 30.7 Å². The lowest BCUT2D eigenvalue weighted by Crippen LogP contribution is -2.26. The van der Waals surface area contributed by atoms with Gasteiger partial charge in [0.15, 0.2) is 11.5 Å². The van der Waals surface area contributed by atoms with Gasteiger partial charge in [-0.2, -0.15) is 0 Å². The standard InChI is InChI=1S/C19H17ClN2O3/c1-2-8-21-18(23)13-6-7-16-15(11-13)22-19(24)17(25-16)10-12-4-3-5-14(20)9-12/h3-7,9-11H,2,8H2,1H3,(H,21,23)(H,22,24). The molecule has 128 valence electrons. The first-order valence-corrected chi connectivity index (χ1v) is 8.33. The highest BCUT2D eigenvalue weighted by Gasteiger charge is 2.23. The van der Waals surface area contributed by atoms with Crippen molar-refractivity contribution < 1.29 is 14.3 Å². The maximum absolute atomic E-state index is 12.3. The van der Waals surface area contributed by atoms with Gasteiger partial charge >= 0.3 is 0 Å². The second-order valence-electron chi connectivity index (χ2n) is 5.59. The summed E-state index contributed by atoms with van der Waals surface area (Å²) in [7, 11) is 0. The van der Waals surface area contributed by atoms with Crippen LogP contribution in [0.5, 0.6) is 5.75 Å². The zero-order valence-electron chi connectivity index (χ0n) is 13.6. The maximum Gasteiger partial charge on any atom is 0.291 e. The lowest BCUT2D eigenvalue weighted by Gasteiger charge is -2.20. The van der Waals surface area contributed by atoms with E-state index in [1.807, 2.05) is 13.0 Å². The molecule has 0 aromatic heterocycles. The first kappa shape index (κ1) is 17.0. The zero-order chi connectivity index (χ0) is 17.8. The van der Waals surface area contributed by atoms with E-state index >= 15 is 0 Å². The molecule has 3 rings (SSSR count). The normalized spacial score (nSPS) is 14.5. The van der Waals surface area contributed by atoms with E-state index in [0.29, 0.717) is 28.6 Å². The summed E-state index contributed by atoms with van der Waals surface area (Å²) in [6.45, 7) is 2.58. The van der Waals surface area contributed by atoms with Crippen LogP contribution >= 0.6 is 11.6 Å². The van der Waals surface area contributed by atoms with E-state index in [1.165, 1.54) is 0 Å². The Hall–Kier alpha value is -2.79. The number of carbonyl (C=O) groups excluding carboxylic acids is 2. The van der Waals surface area contributed by atoms with Crippen molar-refractivity contribution in [2.24, 2.45) is 0 Å². The van der Waals surface area contributed by atoms with Crippen LogP contribution in [0.1, 0.15) is 29.3 Å². The van der Waals surface area contributed by atoms with Gasteiger partial charge in [-0.25, -0.2) is 0 Å². The van der Waals surface area contributed by atoms with Crippen LogP contribution in [0.4, 0.5) is 5.69 Å². The number of rotatable bonds is 4. The molecule has 0 unspecified atom stereocenters. The topological polar surface area (TPSA) is 67.4 Å². The van der Waals surface area contributed by atoms with Gasteiger partial charge in [0.25, 0.3) is 11.8 Å². The van der Waals surface area contributed by atoms with E-state index in [9.17, 15) is 9.59 Å². The summed E-state index contributed by atoms with van der Waals surface area (Å²) in [5, 5.41) is 6.13. The Morgan fingerprint density at radius 2 is 2.12 bits per heavy atom. The van der Waals surface area contributed by atoms with E-state index < -0.39 is 0 Å². The summed E-state index contributed by atoms with van der Waals surface area (Å²) >= 11 is 5.95. The third-order valence-corrected chi connectivity index (χ3v) is 3.85. The van der Waals surface area contributed by atoms with Crippen LogP contribution in [-0.2, 0) is 4.79 Å². The second-order valence-corrected chi connectivity index (χ2v) is 6.02. The van der Waals surface area contributed by atoms with Crippen LogP contribution in [0.15, 0.2) is 48.2 Å². The largest absolute Gasteiger partial charge is 0.449 e. The molecular weight excluding hydrogens is 340 g/mol. The predicted molar refractivity (Wildman–Crippen MR) is 97.8 cm³/mol. The number of hydrogen-bond donors (Lipinski definition) is 2. The van der Waals surface area contributed by atoms with Crippen LogP contribution in [0.2, 0.25) is 5.02 Å². The third kappa shape index (κ3) is 4.00. The van der Waals surface area contributed by atoms with Gasteiger partial charge in [0, 0.05) is 17.1 Å². The van der Waals surface area contributed by atoms with E-state index in [1.54, 1.807) is 42.5 Å². The molecule has 1 heterocycles. The van der Waals surface area contributed by atoms with Crippen molar-refractivity contribution in [2.75, 3.05) is 11.9 Å². The molecule has 25 heavy (non-hydrogen) atoms. The number of carbonyl (C=O) groups is 2. The fourth-order valence-electron chi connectivity index (χ4n) is 2.39. The molecule has 2 amide bonds. The summed E-state index contributed by atoms with van der Waals surface area (Å²) in [5.74, 6) is 0.0932. The Bertz CT molecular complexity index is 861. The molecule has 0 saturated heterocycles. The molecule has 2 aromatic rings. The molecule has 0 saturated carbocycles. The molecule has 0 bridgehead atoms. The molecular formula is C19H17ClN2O3. The fourth-order valence-corrected chi connectivity index (χ4v) is 2.59. The Balaban J connectivity index is 1.84. The Morgan fingerprint density at radius 1 is 1.28 bits per heavy atom. The number of nitrogens with one attached hydrogen (secondary N) is 2. The van der Waals surface area contributed by atoms with Gasteiger partial charge < -0.3 is 15.4 Å². The fraction of sp³-hybridized carbons (Fsp3) is 0.158. The van der Waals surface area contributed by atoms with Crippen molar-refractivity contribution >= 4 is 35.2 Å². The zero-order valence-corrected chi connectivity index (χ0v) is 14.4. The average molecular weight is 357 g/mol. The lowest BCUT2D eigenvalue weighted by atomic mass is 10.1. The number of benzene rings is 2. The number of amides is 2. The van der Waals surface area contributed by atoms with Crippen molar-refractivity contribution in [1.82, 2.24) is 5.32 Å². The van der Waals surface area contributed by atoms with Gasteiger partial charge in [0.2, 0.25) is 0 Å². The summed E-state index contributed by atoms with van der Waals surface area (Å²) in [5.41, 5.74) is 1.70. The molecule has 1 aliphatic rings. The quantitative estimate of drug-likeness (QED) is 0.817. The monoisotopic (exact) mass is 356 g/mol. The van der Waals surface area contributed by atoms with Crippen LogP contribution in [0.25, 0.3) is 6.08 Å². The van der Waals surface area contributed by atoms with Gasteiger partial charge in [-0.05, 0) is 48.4 Å². The van der Waals surface area contributed by atoms with Gasteiger partial charge in [0.1, 0.15) is 0 Å². The van der Waals surface area contributed by atoms with Crippen molar-refractivity contribution in [3.8, 4) is 5.75 Å². The number of anilines is 1. The molecule has 0 spiro atoms. The van der Waals surface area contributed by atoms with E-state index in [-0.39, 0.29) is 17.6 Å². The SMILES string of the molecule is CCCNC(=O)c1ccc2c(c1)NC(=O)C(=Cc1cccc(Cl)c1)O2. The summed E-state index contributed by atoms with van der Waals surface area (Å²) in [6, 6.07) is 12.1. The van der Waals surface area contributed by atoms with Crippen LogP contribution in [0.3, 0.4) is 0 Å². The van der Waals surface area contributed by atoms with Gasteiger partial charge in [-0.3, -0.25) is 9.59 Å². The molecule has 1 aliphatic heterocycles. The van der Waals surface area contributed by atoms with Crippen molar-refractivity contribution in [3.05, 3.63) is 64.4 Å². The van der Waals surface area contributed by atoms with Gasteiger partial charge in [0.05, 0.1) is 5.69 Å². The summed E-state index contributed by atoms with van der Waals surface area (Å²) < 4.78 is 5.68. The molecule has 2 aromatic carbocycles. The minimum Gasteiger partial charge on any atom is -0.449 e. The minimum absolute atomic E-state index is 0.165. The second kappa shape index (κ2) is 7.40. The Morgan fingerprint density at radius 3 is 2.88 bits per heavy atom. The molecule has 0 fully saturated rings. The average Bonchev–Trinajstić information content (AvgIpc) is 2.60. The van der Waals surface area contributed by atoms with Crippen LogP contribution in [0, 0.1) is 0 Å². The minimum atomic E-state index is -0.376. The van der Waals surface area contributed by atoms with Crippen LogP contribution in [-0.4, -0.2) is 18.4 Å². The highest BCUT2D eigenvalue weighted by atomic mass is 35.5. The molecule has 2 N–H and O–H groups in total. The molecule has 5 nitrogen and oxygen atoms in total. The van der Waals surface area contributed by atoms with Crippen molar-refractivity contribution in [3.63, 3.8) is 0 Å². The maximum atomic E-state index is 12.3. The highest BCUT2D eigenvalue weighted by Crippen LogP contribution is 2.32. The predicted octanol–water partition coefficient (Wildman–Crippen LogP) is 3.85. The summed E-state index contributed by atoms with van der Waals surface area (Å²) in [6.07, 6.45) is 2.47. The van der Waals surface area contributed by atoms with Gasteiger partial charge in [-0.15, -0.1) is 0 Å². The Labute approximate surface area is 150 Å².